The maximum atomic E-state index is 5.33. The Balaban J connectivity index is 1.23. The van der Waals surface area contributed by atoms with Gasteiger partial charge in [0.1, 0.15) is 5.52 Å². The van der Waals surface area contributed by atoms with E-state index >= 15 is 0 Å². The lowest BCUT2D eigenvalue weighted by Crippen LogP contribution is -2.52. The van der Waals surface area contributed by atoms with Crippen LogP contribution in [0, 0.1) is 0 Å². The van der Waals surface area contributed by atoms with Crippen molar-refractivity contribution in [2.45, 2.75) is 18.9 Å². The number of likely N-dealkylation sites (N-methyl/N-ethyl adjacent to an activating group) is 1. The first-order chi connectivity index (χ1) is 16.7. The molecule has 4 aromatic rings. The highest BCUT2D eigenvalue weighted by atomic mass is 16.5. The summed E-state index contributed by atoms with van der Waals surface area (Å²) in [5.41, 5.74) is 5.43. The molecule has 2 aliphatic heterocycles. The normalized spacial score (nSPS) is 18.7. The van der Waals surface area contributed by atoms with Crippen molar-refractivity contribution in [3.8, 4) is 17.0 Å². The van der Waals surface area contributed by atoms with E-state index in [0.29, 0.717) is 11.9 Å². The Labute approximate surface area is 199 Å². The van der Waals surface area contributed by atoms with E-state index in [1.807, 2.05) is 35.1 Å². The first kappa shape index (κ1) is 21.2. The lowest BCUT2D eigenvalue weighted by atomic mass is 10.0. The molecule has 2 fully saturated rings. The SMILES string of the molecule is COc1ccc2nccc(-c3cnn4cc(N5CCC(N6CCN(C)CC6)CC5)cnc34)c2n1. The first-order valence-corrected chi connectivity index (χ1v) is 12.0. The number of rotatable bonds is 4. The van der Waals surface area contributed by atoms with Crippen molar-refractivity contribution in [3.63, 3.8) is 0 Å². The van der Waals surface area contributed by atoms with Crippen LogP contribution in [0.1, 0.15) is 12.8 Å². The predicted octanol–water partition coefficient (Wildman–Crippen LogP) is 2.56. The van der Waals surface area contributed by atoms with Crippen molar-refractivity contribution < 1.29 is 4.74 Å². The number of piperazine rings is 1. The summed E-state index contributed by atoms with van der Waals surface area (Å²) in [5.74, 6) is 0.563. The molecule has 4 aromatic heterocycles. The number of fused-ring (bicyclic) bond motifs is 2. The smallest absolute Gasteiger partial charge is 0.213 e. The van der Waals surface area contributed by atoms with Gasteiger partial charge in [0.15, 0.2) is 5.65 Å². The third kappa shape index (κ3) is 3.84. The molecule has 6 heterocycles. The zero-order valence-electron chi connectivity index (χ0n) is 19.8. The van der Waals surface area contributed by atoms with Gasteiger partial charge in [-0.15, -0.1) is 0 Å². The number of hydrogen-bond acceptors (Lipinski definition) is 8. The highest BCUT2D eigenvalue weighted by Gasteiger charge is 2.27. The molecule has 0 N–H and O–H groups in total. The number of nitrogens with zero attached hydrogens (tertiary/aromatic N) is 8. The van der Waals surface area contributed by atoms with Gasteiger partial charge in [0, 0.05) is 68.7 Å². The molecule has 0 atom stereocenters. The summed E-state index contributed by atoms with van der Waals surface area (Å²) in [4.78, 5) is 21.4. The van der Waals surface area contributed by atoms with Crippen molar-refractivity contribution in [1.82, 2.24) is 34.4 Å². The minimum absolute atomic E-state index is 0.563. The molecule has 0 bridgehead atoms. The van der Waals surface area contributed by atoms with Crippen LogP contribution >= 0.6 is 0 Å². The Kier molecular flexibility index (Phi) is 5.50. The Morgan fingerprint density at radius 3 is 2.53 bits per heavy atom. The van der Waals surface area contributed by atoms with Crippen LogP contribution < -0.4 is 9.64 Å². The quantitative estimate of drug-likeness (QED) is 0.462. The molecule has 2 aliphatic rings. The van der Waals surface area contributed by atoms with Crippen molar-refractivity contribution in [2.24, 2.45) is 0 Å². The average Bonchev–Trinajstić information content (AvgIpc) is 3.31. The Morgan fingerprint density at radius 1 is 0.912 bits per heavy atom. The average molecular weight is 459 g/mol. The largest absolute Gasteiger partial charge is 0.481 e. The van der Waals surface area contributed by atoms with Crippen molar-refractivity contribution >= 4 is 22.4 Å². The van der Waals surface area contributed by atoms with E-state index in [4.69, 9.17) is 9.72 Å². The topological polar surface area (TPSA) is 74.9 Å². The van der Waals surface area contributed by atoms with E-state index in [-0.39, 0.29) is 0 Å². The molecule has 34 heavy (non-hydrogen) atoms. The lowest BCUT2D eigenvalue weighted by molar-refractivity contribution is 0.0982. The number of piperidine rings is 1. The van der Waals surface area contributed by atoms with Gasteiger partial charge in [-0.05, 0) is 32.0 Å². The third-order valence-electron chi connectivity index (χ3n) is 7.28. The van der Waals surface area contributed by atoms with E-state index in [1.54, 1.807) is 13.3 Å². The number of hydrogen-bond donors (Lipinski definition) is 0. The van der Waals surface area contributed by atoms with Gasteiger partial charge in [-0.2, -0.15) is 5.10 Å². The lowest BCUT2D eigenvalue weighted by Gasteiger charge is -2.42. The fraction of sp³-hybridized carbons (Fsp3) is 0.440. The minimum atomic E-state index is 0.563. The molecule has 0 saturated carbocycles. The standard InChI is InChI=1S/C25H30N8O/c1-30-11-13-32(14-12-30)18-6-9-31(10-7-18)19-15-27-25-21(16-28-33(25)17-19)20-5-8-26-22-3-4-23(34-2)29-24(20)22/h3-5,8,15-18H,6-7,9-14H2,1-2H3. The second-order valence-electron chi connectivity index (χ2n) is 9.28. The van der Waals surface area contributed by atoms with Gasteiger partial charge >= 0.3 is 0 Å². The number of aromatic nitrogens is 5. The Bertz CT molecular complexity index is 1310. The van der Waals surface area contributed by atoms with Gasteiger partial charge < -0.3 is 14.5 Å². The molecule has 0 amide bonds. The van der Waals surface area contributed by atoms with E-state index in [2.05, 4.69) is 43.0 Å². The highest BCUT2D eigenvalue weighted by Crippen LogP contribution is 2.31. The van der Waals surface area contributed by atoms with E-state index in [0.717, 1.165) is 46.6 Å². The Morgan fingerprint density at radius 2 is 1.74 bits per heavy atom. The fourth-order valence-corrected chi connectivity index (χ4v) is 5.23. The van der Waals surface area contributed by atoms with E-state index in [9.17, 15) is 0 Å². The van der Waals surface area contributed by atoms with Crippen molar-refractivity contribution in [3.05, 3.63) is 43.0 Å². The molecule has 0 aromatic carbocycles. The van der Waals surface area contributed by atoms with Crippen LogP contribution in [-0.4, -0.2) is 93.8 Å². The van der Waals surface area contributed by atoms with Crippen LogP contribution in [0.25, 0.3) is 27.8 Å². The van der Waals surface area contributed by atoms with Gasteiger partial charge in [-0.25, -0.2) is 14.5 Å². The van der Waals surface area contributed by atoms with E-state index < -0.39 is 0 Å². The van der Waals surface area contributed by atoms with Gasteiger partial charge in [0.25, 0.3) is 0 Å². The number of ether oxygens (including phenoxy) is 1. The molecule has 0 unspecified atom stereocenters. The molecule has 9 heteroatoms. The van der Waals surface area contributed by atoms with Gasteiger partial charge in [0.05, 0.1) is 36.9 Å². The second-order valence-corrected chi connectivity index (χ2v) is 9.28. The first-order valence-electron chi connectivity index (χ1n) is 12.0. The molecule has 6 rings (SSSR count). The molecule has 9 nitrogen and oxygen atoms in total. The zero-order chi connectivity index (χ0) is 23.1. The van der Waals surface area contributed by atoms with Gasteiger partial charge in [-0.3, -0.25) is 9.88 Å². The highest BCUT2D eigenvalue weighted by molar-refractivity contribution is 5.95. The van der Waals surface area contributed by atoms with Crippen molar-refractivity contribution in [1.29, 1.82) is 0 Å². The molecular formula is C25H30N8O. The number of anilines is 1. The van der Waals surface area contributed by atoms with Crippen LogP contribution in [0.3, 0.4) is 0 Å². The predicted molar refractivity (Wildman–Crippen MR) is 132 cm³/mol. The maximum absolute atomic E-state index is 5.33. The zero-order valence-corrected chi connectivity index (χ0v) is 19.8. The summed E-state index contributed by atoms with van der Waals surface area (Å²) >= 11 is 0. The monoisotopic (exact) mass is 458 g/mol. The minimum Gasteiger partial charge on any atom is -0.481 e. The van der Waals surface area contributed by atoms with Crippen LogP contribution in [-0.2, 0) is 0 Å². The molecular weight excluding hydrogens is 428 g/mol. The fourth-order valence-electron chi connectivity index (χ4n) is 5.23. The summed E-state index contributed by atoms with van der Waals surface area (Å²) in [6.07, 6.45) is 10.1. The van der Waals surface area contributed by atoms with Crippen LogP contribution in [0.15, 0.2) is 43.0 Å². The Hall–Kier alpha value is -3.30. The number of pyridine rings is 2. The molecule has 176 valence electrons. The summed E-state index contributed by atoms with van der Waals surface area (Å²) in [6.45, 7) is 6.84. The van der Waals surface area contributed by atoms with Crippen molar-refractivity contribution in [2.75, 3.05) is 58.3 Å². The summed E-state index contributed by atoms with van der Waals surface area (Å²) < 4.78 is 7.21. The molecule has 2 saturated heterocycles. The molecule has 0 radical (unpaired) electrons. The molecule has 0 spiro atoms. The van der Waals surface area contributed by atoms with E-state index in [1.165, 1.54) is 39.0 Å². The van der Waals surface area contributed by atoms with Gasteiger partial charge in [0.2, 0.25) is 5.88 Å². The number of methoxy groups -OCH3 is 1. The second kappa shape index (κ2) is 8.81. The summed E-state index contributed by atoms with van der Waals surface area (Å²) in [6, 6.07) is 6.41. The summed E-state index contributed by atoms with van der Waals surface area (Å²) in [7, 11) is 3.84. The van der Waals surface area contributed by atoms with Crippen LogP contribution in [0.5, 0.6) is 5.88 Å². The maximum Gasteiger partial charge on any atom is 0.213 e. The van der Waals surface area contributed by atoms with Gasteiger partial charge in [-0.1, -0.05) is 0 Å². The molecule has 0 aliphatic carbocycles. The summed E-state index contributed by atoms with van der Waals surface area (Å²) in [5, 5.41) is 4.63. The van der Waals surface area contributed by atoms with Crippen LogP contribution in [0.2, 0.25) is 0 Å². The van der Waals surface area contributed by atoms with Crippen LogP contribution in [0.4, 0.5) is 5.69 Å². The third-order valence-corrected chi connectivity index (χ3v) is 7.28.